The molecule has 0 bridgehead atoms. The molecule has 0 atom stereocenters. The van der Waals surface area contributed by atoms with Crippen LogP contribution in [0.4, 0.5) is 11.5 Å². The lowest BCUT2D eigenvalue weighted by Crippen LogP contribution is -2.35. The fraction of sp³-hybridized carbons (Fsp3) is 0.320. The van der Waals surface area contributed by atoms with Crippen molar-refractivity contribution in [1.29, 1.82) is 0 Å². The molecule has 2 aromatic carbocycles. The van der Waals surface area contributed by atoms with Crippen LogP contribution in [0, 0.1) is 5.92 Å². The highest BCUT2D eigenvalue weighted by Gasteiger charge is 2.21. The number of anilines is 2. The van der Waals surface area contributed by atoms with Crippen molar-refractivity contribution in [3.8, 4) is 11.5 Å². The van der Waals surface area contributed by atoms with Crippen molar-refractivity contribution < 1.29 is 14.3 Å². The van der Waals surface area contributed by atoms with Gasteiger partial charge in [0.2, 0.25) is 0 Å². The molecule has 0 saturated carbocycles. The molecule has 7 heteroatoms. The van der Waals surface area contributed by atoms with Gasteiger partial charge in [-0.2, -0.15) is 0 Å². The van der Waals surface area contributed by atoms with Crippen molar-refractivity contribution in [1.82, 2.24) is 10.2 Å². The highest BCUT2D eigenvalue weighted by Crippen LogP contribution is 2.29. The molecule has 0 aliphatic carbocycles. The van der Waals surface area contributed by atoms with Gasteiger partial charge in [-0.25, -0.2) is 0 Å². The summed E-state index contributed by atoms with van der Waals surface area (Å²) in [7, 11) is 3.12. The molecule has 4 rings (SSSR count). The zero-order valence-electron chi connectivity index (χ0n) is 18.5. The Labute approximate surface area is 188 Å². The number of benzene rings is 2. The predicted molar refractivity (Wildman–Crippen MR) is 125 cm³/mol. The Balaban J connectivity index is 1.34. The van der Waals surface area contributed by atoms with Gasteiger partial charge in [-0.3, -0.25) is 4.79 Å². The fourth-order valence-corrected chi connectivity index (χ4v) is 4.02. The summed E-state index contributed by atoms with van der Waals surface area (Å²) >= 11 is 0. The molecule has 1 aromatic heterocycles. The van der Waals surface area contributed by atoms with E-state index < -0.39 is 0 Å². The normalized spacial score (nSPS) is 14.1. The van der Waals surface area contributed by atoms with Crippen LogP contribution >= 0.6 is 0 Å². The highest BCUT2D eigenvalue weighted by atomic mass is 16.5. The number of amides is 1. The Morgan fingerprint density at radius 1 is 1.00 bits per heavy atom. The SMILES string of the molecule is COc1ccc(NC(=O)c2ccc(N3CCC(Cc4ccccc4)CC3)nn2)c(OC)c1. The number of nitrogens with one attached hydrogen (secondary N) is 1. The molecule has 0 radical (unpaired) electrons. The number of hydrogen-bond donors (Lipinski definition) is 1. The average Bonchev–Trinajstić information content (AvgIpc) is 2.85. The smallest absolute Gasteiger partial charge is 0.276 e. The number of rotatable bonds is 7. The number of carbonyl (C=O) groups is 1. The van der Waals surface area contributed by atoms with Gasteiger partial charge < -0.3 is 19.7 Å². The molecule has 166 valence electrons. The van der Waals surface area contributed by atoms with Crippen LogP contribution in [0.3, 0.4) is 0 Å². The van der Waals surface area contributed by atoms with E-state index in [2.05, 4.69) is 50.7 Å². The van der Waals surface area contributed by atoms with Crippen LogP contribution in [0.5, 0.6) is 11.5 Å². The van der Waals surface area contributed by atoms with E-state index >= 15 is 0 Å². The van der Waals surface area contributed by atoms with E-state index in [0.717, 1.165) is 38.2 Å². The molecule has 1 aliphatic rings. The number of carbonyl (C=O) groups excluding carboxylic acids is 1. The first kappa shape index (κ1) is 21.6. The van der Waals surface area contributed by atoms with Gasteiger partial charge in [-0.1, -0.05) is 30.3 Å². The quantitative estimate of drug-likeness (QED) is 0.603. The molecule has 0 unspecified atom stereocenters. The Morgan fingerprint density at radius 2 is 1.78 bits per heavy atom. The molecule has 1 amide bonds. The van der Waals surface area contributed by atoms with Gasteiger partial charge in [-0.15, -0.1) is 10.2 Å². The van der Waals surface area contributed by atoms with E-state index in [9.17, 15) is 4.79 Å². The van der Waals surface area contributed by atoms with Crippen LogP contribution in [-0.2, 0) is 6.42 Å². The van der Waals surface area contributed by atoms with Gasteiger partial charge >= 0.3 is 0 Å². The monoisotopic (exact) mass is 432 g/mol. The molecular weight excluding hydrogens is 404 g/mol. The first-order valence-corrected chi connectivity index (χ1v) is 10.8. The van der Waals surface area contributed by atoms with Crippen LogP contribution in [0.25, 0.3) is 0 Å². The van der Waals surface area contributed by atoms with Crippen LogP contribution in [-0.4, -0.2) is 43.4 Å². The van der Waals surface area contributed by atoms with Crippen LogP contribution in [0.2, 0.25) is 0 Å². The lowest BCUT2D eigenvalue weighted by Gasteiger charge is -2.32. The lowest BCUT2D eigenvalue weighted by atomic mass is 9.90. The average molecular weight is 433 g/mol. The predicted octanol–water partition coefficient (Wildman–Crippen LogP) is 4.21. The topological polar surface area (TPSA) is 76.6 Å². The third-order valence-electron chi connectivity index (χ3n) is 5.85. The fourth-order valence-electron chi connectivity index (χ4n) is 4.02. The highest BCUT2D eigenvalue weighted by molar-refractivity contribution is 6.03. The van der Waals surface area contributed by atoms with Crippen LogP contribution < -0.4 is 19.7 Å². The minimum absolute atomic E-state index is 0.255. The molecule has 1 fully saturated rings. The molecule has 1 saturated heterocycles. The summed E-state index contributed by atoms with van der Waals surface area (Å²) < 4.78 is 10.5. The molecule has 3 aromatic rings. The summed E-state index contributed by atoms with van der Waals surface area (Å²) in [5, 5.41) is 11.3. The third kappa shape index (κ3) is 5.17. The van der Waals surface area contributed by atoms with Gasteiger partial charge in [0.05, 0.1) is 19.9 Å². The van der Waals surface area contributed by atoms with Gasteiger partial charge in [-0.05, 0) is 55.0 Å². The first-order valence-electron chi connectivity index (χ1n) is 10.8. The Hall–Kier alpha value is -3.61. The van der Waals surface area contributed by atoms with Gasteiger partial charge in [0.15, 0.2) is 11.5 Å². The summed E-state index contributed by atoms with van der Waals surface area (Å²) in [4.78, 5) is 14.9. The molecule has 2 heterocycles. The zero-order chi connectivity index (χ0) is 22.3. The van der Waals surface area contributed by atoms with Gasteiger partial charge in [0.25, 0.3) is 5.91 Å². The van der Waals surface area contributed by atoms with Gasteiger partial charge in [0, 0.05) is 19.2 Å². The summed E-state index contributed by atoms with van der Waals surface area (Å²) in [6.07, 6.45) is 3.36. The second-order valence-electron chi connectivity index (χ2n) is 7.92. The van der Waals surface area contributed by atoms with Crippen molar-refractivity contribution in [2.24, 2.45) is 5.92 Å². The number of ether oxygens (including phenoxy) is 2. The summed E-state index contributed by atoms with van der Waals surface area (Å²) in [5.41, 5.74) is 2.20. The maximum atomic E-state index is 12.6. The second-order valence-corrected chi connectivity index (χ2v) is 7.92. The van der Waals surface area contributed by atoms with E-state index in [-0.39, 0.29) is 11.6 Å². The Kier molecular flexibility index (Phi) is 6.84. The van der Waals surface area contributed by atoms with Crippen LogP contribution in [0.1, 0.15) is 28.9 Å². The molecule has 1 aliphatic heterocycles. The Morgan fingerprint density at radius 3 is 2.44 bits per heavy atom. The zero-order valence-corrected chi connectivity index (χ0v) is 18.5. The first-order chi connectivity index (χ1) is 15.7. The number of hydrogen-bond acceptors (Lipinski definition) is 6. The molecular formula is C25H28N4O3. The largest absolute Gasteiger partial charge is 0.497 e. The van der Waals surface area contributed by atoms with E-state index in [4.69, 9.17) is 9.47 Å². The Bertz CT molecular complexity index is 1030. The summed E-state index contributed by atoms with van der Waals surface area (Å²) in [6.45, 7) is 1.89. The minimum Gasteiger partial charge on any atom is -0.497 e. The van der Waals surface area contributed by atoms with E-state index in [1.54, 1.807) is 38.5 Å². The molecule has 1 N–H and O–H groups in total. The summed E-state index contributed by atoms with van der Waals surface area (Å²) in [5.74, 6) is 2.32. The maximum absolute atomic E-state index is 12.6. The van der Waals surface area contributed by atoms with E-state index in [1.807, 2.05) is 6.07 Å². The standard InChI is InChI=1S/C25H28N4O3/c1-31-20-8-9-21(23(17-20)32-2)26-25(30)22-10-11-24(28-27-22)29-14-12-19(13-15-29)16-18-6-4-3-5-7-18/h3-11,17,19H,12-16H2,1-2H3,(H,26,30). The maximum Gasteiger partial charge on any atom is 0.276 e. The van der Waals surface area contributed by atoms with Crippen molar-refractivity contribution in [3.63, 3.8) is 0 Å². The number of methoxy groups -OCH3 is 2. The minimum atomic E-state index is -0.339. The lowest BCUT2D eigenvalue weighted by molar-refractivity contribution is 0.102. The van der Waals surface area contributed by atoms with Gasteiger partial charge in [0.1, 0.15) is 11.5 Å². The van der Waals surface area contributed by atoms with E-state index in [0.29, 0.717) is 23.1 Å². The number of nitrogens with zero attached hydrogens (tertiary/aromatic N) is 3. The number of piperidine rings is 1. The molecule has 0 spiro atoms. The molecule has 32 heavy (non-hydrogen) atoms. The van der Waals surface area contributed by atoms with Crippen molar-refractivity contribution in [2.75, 3.05) is 37.5 Å². The summed E-state index contributed by atoms with van der Waals surface area (Å²) in [6, 6.07) is 19.4. The van der Waals surface area contributed by atoms with E-state index in [1.165, 1.54) is 5.56 Å². The van der Waals surface area contributed by atoms with Crippen LogP contribution in [0.15, 0.2) is 60.7 Å². The number of aromatic nitrogens is 2. The van der Waals surface area contributed by atoms with Crippen molar-refractivity contribution >= 4 is 17.4 Å². The van der Waals surface area contributed by atoms with Crippen molar-refractivity contribution in [2.45, 2.75) is 19.3 Å². The second kappa shape index (κ2) is 10.1. The molecule has 7 nitrogen and oxygen atoms in total. The van der Waals surface area contributed by atoms with Crippen molar-refractivity contribution in [3.05, 3.63) is 71.9 Å². The third-order valence-corrected chi connectivity index (χ3v) is 5.85.